The van der Waals surface area contributed by atoms with Gasteiger partial charge >= 0.3 is 0 Å². The Balaban J connectivity index is 1.40. The van der Waals surface area contributed by atoms with E-state index >= 15 is 0 Å². The van der Waals surface area contributed by atoms with Crippen LogP contribution in [0.5, 0.6) is 0 Å². The van der Waals surface area contributed by atoms with Crippen LogP contribution in [0, 0.1) is 0 Å². The third-order valence-electron chi connectivity index (χ3n) is 3.45. The van der Waals surface area contributed by atoms with Gasteiger partial charge in [-0.25, -0.2) is 4.68 Å². The molecule has 0 aliphatic rings. The minimum atomic E-state index is -0.320. The number of nitrogens with one attached hydrogen (secondary N) is 1. The molecule has 1 amide bonds. The molecule has 0 saturated carbocycles. The Hall–Kier alpha value is -3.68. The number of rotatable bonds is 5. The van der Waals surface area contributed by atoms with E-state index in [1.54, 1.807) is 29.1 Å². The van der Waals surface area contributed by atoms with Crippen LogP contribution in [0.4, 0.5) is 0 Å². The molecule has 0 radical (unpaired) electrons. The van der Waals surface area contributed by atoms with Crippen LogP contribution in [0.2, 0.25) is 0 Å². The Bertz CT molecular complexity index is 973. The lowest BCUT2D eigenvalue weighted by molar-refractivity contribution is 0.0944. The average molecular weight is 335 g/mol. The molecule has 25 heavy (non-hydrogen) atoms. The van der Waals surface area contributed by atoms with Crippen molar-refractivity contribution in [1.82, 2.24) is 25.2 Å². The van der Waals surface area contributed by atoms with Gasteiger partial charge in [0.1, 0.15) is 0 Å². The third kappa shape index (κ3) is 3.18. The summed E-state index contributed by atoms with van der Waals surface area (Å²) in [6.07, 6.45) is 3.25. The van der Waals surface area contributed by atoms with Gasteiger partial charge in [-0.3, -0.25) is 4.79 Å². The van der Waals surface area contributed by atoms with Gasteiger partial charge in [0, 0.05) is 6.20 Å². The quantitative estimate of drug-likeness (QED) is 0.601. The Kier molecular flexibility index (Phi) is 3.83. The highest BCUT2D eigenvalue weighted by molar-refractivity contribution is 5.92. The van der Waals surface area contributed by atoms with Gasteiger partial charge in [0.05, 0.1) is 18.5 Å². The van der Waals surface area contributed by atoms with Crippen molar-refractivity contribution in [1.29, 1.82) is 0 Å². The SMILES string of the molecule is O=C(NCc1noc(-c2ccco2)n1)c1ccn(-c2ccccc2)n1. The molecule has 0 aliphatic carbocycles. The zero-order valence-corrected chi connectivity index (χ0v) is 13.0. The van der Waals surface area contributed by atoms with Crippen molar-refractivity contribution < 1.29 is 13.7 Å². The summed E-state index contributed by atoms with van der Waals surface area (Å²) in [6.45, 7) is 0.126. The van der Waals surface area contributed by atoms with Crippen LogP contribution in [0.3, 0.4) is 0 Å². The number of benzene rings is 1. The van der Waals surface area contributed by atoms with E-state index in [0.29, 0.717) is 17.3 Å². The third-order valence-corrected chi connectivity index (χ3v) is 3.45. The normalized spacial score (nSPS) is 10.7. The molecule has 8 heteroatoms. The highest BCUT2D eigenvalue weighted by atomic mass is 16.5. The topological polar surface area (TPSA) is 99.0 Å². The Morgan fingerprint density at radius 3 is 2.80 bits per heavy atom. The largest absolute Gasteiger partial charge is 0.459 e. The number of para-hydroxylation sites is 1. The van der Waals surface area contributed by atoms with Crippen molar-refractivity contribution >= 4 is 5.91 Å². The summed E-state index contributed by atoms with van der Waals surface area (Å²) in [4.78, 5) is 16.4. The molecule has 0 fully saturated rings. The summed E-state index contributed by atoms with van der Waals surface area (Å²) in [5.41, 5.74) is 1.18. The van der Waals surface area contributed by atoms with Crippen LogP contribution in [0.25, 0.3) is 17.3 Å². The second-order valence-corrected chi connectivity index (χ2v) is 5.16. The minimum absolute atomic E-state index is 0.126. The maximum absolute atomic E-state index is 12.2. The highest BCUT2D eigenvalue weighted by Gasteiger charge is 2.14. The molecule has 124 valence electrons. The standard InChI is InChI=1S/C17H13N5O3/c23-16(13-8-9-22(20-13)12-5-2-1-3-6-12)18-11-15-19-17(25-21-15)14-7-4-10-24-14/h1-10H,11H2,(H,18,23). The number of aromatic nitrogens is 4. The summed E-state index contributed by atoms with van der Waals surface area (Å²) in [5, 5.41) is 10.8. The molecule has 1 aromatic carbocycles. The van der Waals surface area contributed by atoms with Gasteiger partial charge in [0.25, 0.3) is 11.8 Å². The van der Waals surface area contributed by atoms with Crippen LogP contribution in [0.15, 0.2) is 69.9 Å². The Labute approximate surface area is 142 Å². The molecule has 3 aromatic heterocycles. The number of nitrogens with zero attached hydrogens (tertiary/aromatic N) is 4. The number of furan rings is 1. The Morgan fingerprint density at radius 1 is 1.12 bits per heavy atom. The predicted molar refractivity (Wildman–Crippen MR) is 86.7 cm³/mol. The fraction of sp³-hybridized carbons (Fsp3) is 0.0588. The number of hydrogen-bond donors (Lipinski definition) is 1. The van der Waals surface area contributed by atoms with E-state index in [2.05, 4.69) is 20.6 Å². The van der Waals surface area contributed by atoms with Gasteiger partial charge in [-0.1, -0.05) is 23.4 Å². The summed E-state index contributed by atoms with van der Waals surface area (Å²) < 4.78 is 11.9. The first-order chi connectivity index (χ1) is 12.3. The molecular formula is C17H13N5O3. The second-order valence-electron chi connectivity index (χ2n) is 5.16. The molecule has 0 unspecified atom stereocenters. The molecule has 8 nitrogen and oxygen atoms in total. The Morgan fingerprint density at radius 2 is 2.00 bits per heavy atom. The van der Waals surface area contributed by atoms with E-state index < -0.39 is 0 Å². The van der Waals surface area contributed by atoms with E-state index in [1.807, 2.05) is 30.3 Å². The molecule has 3 heterocycles. The molecule has 4 aromatic rings. The van der Waals surface area contributed by atoms with Crippen LogP contribution in [0.1, 0.15) is 16.3 Å². The van der Waals surface area contributed by atoms with Gasteiger partial charge in [0.15, 0.2) is 17.3 Å². The lowest BCUT2D eigenvalue weighted by Gasteiger charge is -2.00. The molecule has 0 spiro atoms. The molecule has 0 saturated heterocycles. The smallest absolute Gasteiger partial charge is 0.293 e. The summed E-state index contributed by atoms with van der Waals surface area (Å²) in [6, 6.07) is 14.6. The van der Waals surface area contributed by atoms with E-state index in [0.717, 1.165) is 5.69 Å². The number of amides is 1. The minimum Gasteiger partial charge on any atom is -0.459 e. The zero-order chi connectivity index (χ0) is 17.1. The first-order valence-electron chi connectivity index (χ1n) is 7.55. The predicted octanol–water partition coefficient (Wildman–Crippen LogP) is 2.45. The fourth-order valence-electron chi connectivity index (χ4n) is 2.25. The lowest BCUT2D eigenvalue weighted by Crippen LogP contribution is -2.24. The van der Waals surface area contributed by atoms with Crippen LogP contribution >= 0.6 is 0 Å². The number of carbonyl (C=O) groups is 1. The summed E-state index contributed by atoms with van der Waals surface area (Å²) >= 11 is 0. The maximum Gasteiger partial charge on any atom is 0.293 e. The van der Waals surface area contributed by atoms with Crippen LogP contribution < -0.4 is 5.32 Å². The number of hydrogen-bond acceptors (Lipinski definition) is 6. The van der Waals surface area contributed by atoms with Crippen molar-refractivity contribution in [3.05, 3.63) is 72.5 Å². The van der Waals surface area contributed by atoms with Gasteiger partial charge in [-0.05, 0) is 30.3 Å². The van der Waals surface area contributed by atoms with E-state index in [-0.39, 0.29) is 18.3 Å². The van der Waals surface area contributed by atoms with Crippen LogP contribution in [-0.2, 0) is 6.54 Å². The van der Waals surface area contributed by atoms with E-state index in [1.165, 1.54) is 6.26 Å². The lowest BCUT2D eigenvalue weighted by atomic mass is 10.3. The summed E-state index contributed by atoms with van der Waals surface area (Å²) in [7, 11) is 0. The first-order valence-corrected chi connectivity index (χ1v) is 7.55. The van der Waals surface area contributed by atoms with Gasteiger partial charge in [-0.2, -0.15) is 10.1 Å². The number of carbonyl (C=O) groups excluding carboxylic acids is 1. The van der Waals surface area contributed by atoms with E-state index in [9.17, 15) is 4.79 Å². The molecule has 0 aliphatic heterocycles. The van der Waals surface area contributed by atoms with Gasteiger partial charge in [-0.15, -0.1) is 0 Å². The van der Waals surface area contributed by atoms with Crippen molar-refractivity contribution in [2.75, 3.05) is 0 Å². The molecule has 0 atom stereocenters. The molecule has 0 bridgehead atoms. The van der Waals surface area contributed by atoms with Crippen molar-refractivity contribution in [3.63, 3.8) is 0 Å². The van der Waals surface area contributed by atoms with Crippen molar-refractivity contribution in [3.8, 4) is 17.3 Å². The van der Waals surface area contributed by atoms with Crippen molar-refractivity contribution in [2.45, 2.75) is 6.54 Å². The monoisotopic (exact) mass is 335 g/mol. The molecular weight excluding hydrogens is 322 g/mol. The van der Waals surface area contributed by atoms with Crippen LogP contribution in [-0.4, -0.2) is 25.8 Å². The molecule has 1 N–H and O–H groups in total. The molecule has 4 rings (SSSR count). The van der Waals surface area contributed by atoms with E-state index in [4.69, 9.17) is 8.94 Å². The van der Waals surface area contributed by atoms with Crippen molar-refractivity contribution in [2.24, 2.45) is 0 Å². The highest BCUT2D eigenvalue weighted by Crippen LogP contribution is 2.16. The fourth-order valence-corrected chi connectivity index (χ4v) is 2.25. The maximum atomic E-state index is 12.2. The first kappa shape index (κ1) is 14.9. The van der Waals surface area contributed by atoms with Gasteiger partial charge in [0.2, 0.25) is 0 Å². The average Bonchev–Trinajstić information content (AvgIpc) is 3.41. The van der Waals surface area contributed by atoms with Gasteiger partial charge < -0.3 is 14.3 Å². The second kappa shape index (κ2) is 6.44. The summed E-state index contributed by atoms with van der Waals surface area (Å²) in [5.74, 6) is 0.774. The zero-order valence-electron chi connectivity index (χ0n) is 13.0.